The van der Waals surface area contributed by atoms with Crippen molar-refractivity contribution in [1.82, 2.24) is 14.9 Å². The van der Waals surface area contributed by atoms with Crippen LogP contribution in [0.15, 0.2) is 73.3 Å². The molecule has 0 aliphatic carbocycles. The van der Waals surface area contributed by atoms with Gasteiger partial charge in [0.05, 0.1) is 11.2 Å². The molecule has 5 heteroatoms. The summed E-state index contributed by atoms with van der Waals surface area (Å²) in [6.07, 6.45) is 5.52. The van der Waals surface area contributed by atoms with E-state index in [0.29, 0.717) is 6.54 Å². The molecular formula is C20H17N3OS. The van der Waals surface area contributed by atoms with Crippen LogP contribution in [0.4, 0.5) is 0 Å². The van der Waals surface area contributed by atoms with Gasteiger partial charge in [-0.15, -0.1) is 11.3 Å². The largest absolute Gasteiger partial charge is 0.347 e. The number of fused-ring (bicyclic) bond motifs is 1. The van der Waals surface area contributed by atoms with Crippen LogP contribution in [0.3, 0.4) is 0 Å². The Hall–Kier alpha value is -2.92. The van der Waals surface area contributed by atoms with Crippen molar-refractivity contribution in [3.05, 3.63) is 89.3 Å². The summed E-state index contributed by atoms with van der Waals surface area (Å²) in [6, 6.07) is 18.3. The molecule has 4 nitrogen and oxygen atoms in total. The van der Waals surface area contributed by atoms with Crippen molar-refractivity contribution in [2.75, 3.05) is 0 Å². The van der Waals surface area contributed by atoms with Crippen LogP contribution in [-0.2, 0) is 13.1 Å². The number of carbonyl (C=O) groups excluding carboxylic acids is 1. The van der Waals surface area contributed by atoms with Gasteiger partial charge in [0.15, 0.2) is 0 Å². The highest BCUT2D eigenvalue weighted by atomic mass is 32.1. The molecule has 0 radical (unpaired) electrons. The van der Waals surface area contributed by atoms with Crippen molar-refractivity contribution in [3.63, 3.8) is 0 Å². The maximum atomic E-state index is 12.4. The lowest BCUT2D eigenvalue weighted by atomic mass is 10.1. The number of nitrogens with zero attached hydrogens (tertiary/aromatic N) is 2. The number of aromatic nitrogens is 2. The van der Waals surface area contributed by atoms with Gasteiger partial charge < -0.3 is 9.88 Å². The van der Waals surface area contributed by atoms with Gasteiger partial charge in [-0.1, -0.05) is 42.5 Å². The third kappa shape index (κ3) is 3.61. The fourth-order valence-electron chi connectivity index (χ4n) is 2.72. The zero-order chi connectivity index (χ0) is 17.1. The van der Waals surface area contributed by atoms with E-state index in [4.69, 9.17) is 0 Å². The number of amides is 1. The number of hydrogen-bond donors (Lipinski definition) is 1. The molecule has 0 spiro atoms. The number of hydrogen-bond acceptors (Lipinski definition) is 3. The van der Waals surface area contributed by atoms with Crippen LogP contribution in [0, 0.1) is 0 Å². The molecule has 0 bridgehead atoms. The Kier molecular flexibility index (Phi) is 4.31. The molecular weight excluding hydrogens is 330 g/mol. The third-order valence-corrected chi connectivity index (χ3v) is 5.16. The lowest BCUT2D eigenvalue weighted by Crippen LogP contribution is -2.21. The quantitative estimate of drug-likeness (QED) is 0.591. The van der Waals surface area contributed by atoms with E-state index in [1.807, 2.05) is 41.1 Å². The van der Waals surface area contributed by atoms with Crippen LogP contribution >= 0.6 is 11.3 Å². The summed E-state index contributed by atoms with van der Waals surface area (Å²) >= 11 is 1.52. The highest BCUT2D eigenvalue weighted by Gasteiger charge is 2.09. The smallest absolute Gasteiger partial charge is 0.261 e. The summed E-state index contributed by atoms with van der Waals surface area (Å²) in [7, 11) is 0. The zero-order valence-electron chi connectivity index (χ0n) is 13.6. The van der Waals surface area contributed by atoms with Crippen LogP contribution in [-0.4, -0.2) is 15.5 Å². The highest BCUT2D eigenvalue weighted by molar-refractivity contribution is 7.20. The maximum absolute atomic E-state index is 12.4. The van der Waals surface area contributed by atoms with Gasteiger partial charge >= 0.3 is 0 Å². The van der Waals surface area contributed by atoms with Crippen molar-refractivity contribution in [1.29, 1.82) is 0 Å². The second-order valence-corrected chi connectivity index (χ2v) is 6.97. The van der Waals surface area contributed by atoms with Crippen molar-refractivity contribution < 1.29 is 4.79 Å². The molecule has 0 fully saturated rings. The van der Waals surface area contributed by atoms with Crippen molar-refractivity contribution in [3.8, 4) is 0 Å². The van der Waals surface area contributed by atoms with Gasteiger partial charge in [-0.05, 0) is 28.6 Å². The third-order valence-electron chi connectivity index (χ3n) is 4.05. The number of thiophene rings is 1. The molecule has 0 saturated heterocycles. The van der Waals surface area contributed by atoms with Crippen molar-refractivity contribution in [2.24, 2.45) is 0 Å². The molecule has 2 aromatic carbocycles. The summed E-state index contributed by atoms with van der Waals surface area (Å²) < 4.78 is 3.16. The Morgan fingerprint density at radius 1 is 1.08 bits per heavy atom. The lowest BCUT2D eigenvalue weighted by Gasteiger charge is -2.06. The lowest BCUT2D eigenvalue weighted by molar-refractivity contribution is 0.0955. The van der Waals surface area contributed by atoms with E-state index in [-0.39, 0.29) is 5.91 Å². The molecule has 0 atom stereocenters. The number of nitrogens with one attached hydrogen (secondary N) is 1. The molecule has 0 unspecified atom stereocenters. The molecule has 124 valence electrons. The Bertz CT molecular complexity index is 954. The second kappa shape index (κ2) is 6.91. The fourth-order valence-corrected chi connectivity index (χ4v) is 3.70. The van der Waals surface area contributed by atoms with Crippen LogP contribution in [0.5, 0.6) is 0 Å². The van der Waals surface area contributed by atoms with E-state index < -0.39 is 0 Å². The van der Waals surface area contributed by atoms with Gasteiger partial charge in [0.2, 0.25) is 0 Å². The molecule has 0 aliphatic rings. The Balaban J connectivity index is 1.38. The van der Waals surface area contributed by atoms with E-state index in [9.17, 15) is 4.79 Å². The van der Waals surface area contributed by atoms with Gasteiger partial charge in [-0.3, -0.25) is 4.79 Å². The summed E-state index contributed by atoms with van der Waals surface area (Å²) in [5, 5.41) is 4.11. The van der Waals surface area contributed by atoms with E-state index in [2.05, 4.69) is 34.6 Å². The van der Waals surface area contributed by atoms with E-state index in [1.54, 1.807) is 12.5 Å². The molecule has 0 aliphatic heterocycles. The zero-order valence-corrected chi connectivity index (χ0v) is 14.4. The molecule has 2 heterocycles. The number of rotatable bonds is 5. The first-order valence-corrected chi connectivity index (χ1v) is 8.90. The molecule has 4 aromatic rings. The van der Waals surface area contributed by atoms with E-state index in [1.165, 1.54) is 16.9 Å². The van der Waals surface area contributed by atoms with Crippen LogP contribution in [0.2, 0.25) is 0 Å². The predicted molar refractivity (Wildman–Crippen MR) is 101 cm³/mol. The molecule has 25 heavy (non-hydrogen) atoms. The van der Waals surface area contributed by atoms with Gasteiger partial charge in [0.1, 0.15) is 0 Å². The monoisotopic (exact) mass is 347 g/mol. The molecule has 2 aromatic heterocycles. The number of benzene rings is 2. The first-order valence-electron chi connectivity index (χ1n) is 8.08. The van der Waals surface area contributed by atoms with Gasteiger partial charge in [-0.2, -0.15) is 0 Å². The van der Waals surface area contributed by atoms with Crippen LogP contribution in [0.25, 0.3) is 10.1 Å². The minimum Gasteiger partial charge on any atom is -0.347 e. The Labute approximate surface area is 149 Å². The topological polar surface area (TPSA) is 46.9 Å². The van der Waals surface area contributed by atoms with Crippen LogP contribution in [0.1, 0.15) is 20.8 Å². The maximum Gasteiger partial charge on any atom is 0.261 e. The van der Waals surface area contributed by atoms with Gasteiger partial charge in [-0.25, -0.2) is 4.98 Å². The summed E-state index contributed by atoms with van der Waals surface area (Å²) in [5.74, 6) is -0.0244. The number of imidazole rings is 1. The van der Waals surface area contributed by atoms with Gasteiger partial charge in [0.25, 0.3) is 5.91 Å². The first-order chi connectivity index (χ1) is 12.3. The van der Waals surface area contributed by atoms with E-state index >= 15 is 0 Å². The minimum atomic E-state index is -0.0244. The predicted octanol–water partition coefficient (Wildman–Crippen LogP) is 4.08. The standard InChI is InChI=1S/C20H17N3OS/c24-20(19-11-17-3-1-2-4-18(17)25-19)22-12-15-5-7-16(8-6-15)13-23-10-9-21-14-23/h1-11,14H,12-13H2,(H,22,24). The Morgan fingerprint density at radius 3 is 2.64 bits per heavy atom. The SMILES string of the molecule is O=C(NCc1ccc(Cn2ccnc2)cc1)c1cc2ccccc2s1. The van der Waals surface area contributed by atoms with Crippen LogP contribution < -0.4 is 5.32 Å². The number of carbonyl (C=O) groups is 1. The average molecular weight is 347 g/mol. The summed E-state index contributed by atoms with van der Waals surface area (Å²) in [4.78, 5) is 17.1. The molecule has 4 rings (SSSR count). The fraction of sp³-hybridized carbons (Fsp3) is 0.100. The summed E-state index contributed by atoms with van der Waals surface area (Å²) in [6.45, 7) is 1.33. The summed E-state index contributed by atoms with van der Waals surface area (Å²) in [5.41, 5.74) is 2.29. The highest BCUT2D eigenvalue weighted by Crippen LogP contribution is 2.25. The van der Waals surface area contributed by atoms with Crippen molar-refractivity contribution in [2.45, 2.75) is 13.1 Å². The second-order valence-electron chi connectivity index (χ2n) is 5.88. The Morgan fingerprint density at radius 2 is 1.88 bits per heavy atom. The minimum absolute atomic E-state index is 0.0244. The van der Waals surface area contributed by atoms with E-state index in [0.717, 1.165) is 27.1 Å². The molecule has 1 amide bonds. The first kappa shape index (κ1) is 15.6. The molecule has 0 saturated carbocycles. The van der Waals surface area contributed by atoms with Gasteiger partial charge in [0, 0.05) is 30.2 Å². The average Bonchev–Trinajstić information content (AvgIpc) is 3.30. The van der Waals surface area contributed by atoms with Crippen molar-refractivity contribution >= 4 is 27.3 Å². The molecule has 1 N–H and O–H groups in total. The normalized spacial score (nSPS) is 10.9.